The second kappa shape index (κ2) is 8.37. The molecule has 1 rings (SSSR count). The van der Waals surface area contributed by atoms with E-state index in [0.717, 1.165) is 12.7 Å². The molecule has 3 N–H and O–H groups in total. The maximum atomic E-state index is 11.1. The first-order valence-corrected chi connectivity index (χ1v) is 6.52. The van der Waals surface area contributed by atoms with Gasteiger partial charge in [-0.25, -0.2) is 0 Å². The van der Waals surface area contributed by atoms with Crippen molar-refractivity contribution in [1.82, 2.24) is 0 Å². The third-order valence-electron chi connectivity index (χ3n) is 3.36. The number of carbonyl (C=O) groups excluding carboxylic acids is 1. The van der Waals surface area contributed by atoms with Crippen LogP contribution in [-0.4, -0.2) is 24.6 Å². The molecule has 0 fully saturated rings. The smallest absolute Gasteiger partial charge is 0.169 e. The number of ether oxygens (including phenoxy) is 1. The lowest BCUT2D eigenvalue weighted by molar-refractivity contribution is -0.109. The summed E-state index contributed by atoms with van der Waals surface area (Å²) < 4.78 is 5.33. The average Bonchev–Trinajstić information content (AvgIpc) is 2.43. The van der Waals surface area contributed by atoms with E-state index in [4.69, 9.17) is 10.5 Å². The zero-order valence-electron chi connectivity index (χ0n) is 12.2. The Bertz CT molecular complexity index is 425. The van der Waals surface area contributed by atoms with Gasteiger partial charge in [-0.3, -0.25) is 10.5 Å². The Morgan fingerprint density at radius 1 is 1.35 bits per heavy atom. The molecule has 0 spiro atoms. The molecule has 1 aromatic rings. The van der Waals surface area contributed by atoms with Crippen molar-refractivity contribution in [3.8, 4) is 0 Å². The van der Waals surface area contributed by atoms with E-state index in [0.29, 0.717) is 23.5 Å². The molecule has 0 bridgehead atoms. The fourth-order valence-corrected chi connectivity index (χ4v) is 2.09. The Morgan fingerprint density at radius 2 is 1.95 bits per heavy atom. The first kappa shape index (κ1) is 19.1. The molecule has 0 saturated heterocycles. The minimum atomic E-state index is -1.35. The summed E-state index contributed by atoms with van der Waals surface area (Å²) in [5.74, 6) is 0.470. The summed E-state index contributed by atoms with van der Waals surface area (Å²) in [5, 5.41) is 10.3. The van der Waals surface area contributed by atoms with Gasteiger partial charge in [0.05, 0.1) is 0 Å². The molecule has 0 aliphatic carbocycles. The third-order valence-corrected chi connectivity index (χ3v) is 3.36. The molecule has 0 amide bonds. The summed E-state index contributed by atoms with van der Waals surface area (Å²) in [5.41, 5.74) is 5.80. The molecule has 0 unspecified atom stereocenters. The van der Waals surface area contributed by atoms with E-state index in [1.165, 1.54) is 7.11 Å². The number of carbonyl (C=O) groups is 1. The molecule has 5 heteroatoms. The van der Waals surface area contributed by atoms with Gasteiger partial charge in [-0.2, -0.15) is 0 Å². The van der Waals surface area contributed by atoms with Crippen molar-refractivity contribution >= 4 is 18.7 Å². The molecule has 0 aliphatic rings. The van der Waals surface area contributed by atoms with Gasteiger partial charge in [0, 0.05) is 18.2 Å². The van der Waals surface area contributed by atoms with Crippen LogP contribution in [0, 0.1) is 5.92 Å². The number of benzene rings is 1. The number of aldehydes is 1. The van der Waals surface area contributed by atoms with E-state index in [2.05, 4.69) is 13.8 Å². The van der Waals surface area contributed by atoms with Crippen molar-refractivity contribution in [1.29, 1.82) is 0 Å². The molecule has 0 radical (unpaired) electrons. The fourth-order valence-electron chi connectivity index (χ4n) is 2.09. The van der Waals surface area contributed by atoms with Gasteiger partial charge in [-0.15, -0.1) is 12.4 Å². The van der Waals surface area contributed by atoms with Gasteiger partial charge in [0.2, 0.25) is 0 Å². The van der Waals surface area contributed by atoms with E-state index in [-0.39, 0.29) is 12.4 Å². The number of rotatable bonds is 7. The van der Waals surface area contributed by atoms with Crippen molar-refractivity contribution in [2.24, 2.45) is 11.7 Å². The lowest BCUT2D eigenvalue weighted by Gasteiger charge is -2.34. The second-order valence-electron chi connectivity index (χ2n) is 5.19. The Hall–Kier alpha value is -0.940. The van der Waals surface area contributed by atoms with Crippen molar-refractivity contribution in [2.45, 2.75) is 38.5 Å². The highest BCUT2D eigenvalue weighted by atomic mass is 35.5. The van der Waals surface area contributed by atoms with Crippen LogP contribution in [0.15, 0.2) is 24.3 Å². The van der Waals surface area contributed by atoms with Gasteiger partial charge in [0.25, 0.3) is 0 Å². The van der Waals surface area contributed by atoms with Gasteiger partial charge >= 0.3 is 0 Å². The maximum Gasteiger partial charge on any atom is 0.169 e. The topological polar surface area (TPSA) is 72.5 Å². The van der Waals surface area contributed by atoms with Crippen molar-refractivity contribution in [2.75, 3.05) is 7.11 Å². The van der Waals surface area contributed by atoms with E-state index in [1.807, 2.05) is 0 Å². The zero-order valence-corrected chi connectivity index (χ0v) is 13.0. The number of hydrogen-bond donors (Lipinski definition) is 2. The predicted molar refractivity (Wildman–Crippen MR) is 82.0 cm³/mol. The predicted octanol–water partition coefficient (Wildman–Crippen LogP) is 2.48. The quantitative estimate of drug-likeness (QED) is 0.599. The number of halogens is 1. The van der Waals surface area contributed by atoms with Gasteiger partial charge in [-0.1, -0.05) is 38.1 Å². The van der Waals surface area contributed by atoms with Crippen LogP contribution in [0.3, 0.4) is 0 Å². The van der Waals surface area contributed by atoms with Crippen molar-refractivity contribution < 1.29 is 14.6 Å². The molecule has 0 saturated carbocycles. The Balaban J connectivity index is 0.00000361. The molecule has 0 heterocycles. The van der Waals surface area contributed by atoms with Crippen LogP contribution in [0.2, 0.25) is 0 Å². The standard InChI is InChI=1S/C15H23NO3.ClH/c1-11(2)8-9-14(18)15(16,19-3)13-7-5-4-6-12(13)10-17;/h4-7,10-11,14,18H,8-9,16H2,1-3H3;1H/t14-,15-;/m1./s1. The highest BCUT2D eigenvalue weighted by Gasteiger charge is 2.37. The lowest BCUT2D eigenvalue weighted by atomic mass is 9.89. The number of nitrogens with two attached hydrogens (primary N) is 1. The minimum absolute atomic E-state index is 0. The van der Waals surface area contributed by atoms with Crippen LogP contribution in [0.1, 0.15) is 42.6 Å². The first-order chi connectivity index (χ1) is 8.95. The normalized spacial score (nSPS) is 15.3. The van der Waals surface area contributed by atoms with Crippen LogP contribution in [-0.2, 0) is 10.5 Å². The Labute approximate surface area is 126 Å². The number of hydrogen-bond acceptors (Lipinski definition) is 4. The van der Waals surface area contributed by atoms with E-state index in [1.54, 1.807) is 24.3 Å². The van der Waals surface area contributed by atoms with Crippen LogP contribution < -0.4 is 5.73 Å². The second-order valence-corrected chi connectivity index (χ2v) is 5.19. The van der Waals surface area contributed by atoms with Gasteiger partial charge in [-0.05, 0) is 18.8 Å². The fraction of sp³-hybridized carbons (Fsp3) is 0.533. The van der Waals surface area contributed by atoms with Gasteiger partial charge in [0.1, 0.15) is 12.4 Å². The summed E-state index contributed by atoms with van der Waals surface area (Å²) in [7, 11) is 1.44. The highest BCUT2D eigenvalue weighted by molar-refractivity contribution is 5.85. The Kier molecular flexibility index (Phi) is 7.98. The highest BCUT2D eigenvalue weighted by Crippen LogP contribution is 2.28. The minimum Gasteiger partial charge on any atom is -0.388 e. The largest absolute Gasteiger partial charge is 0.388 e. The molecular weight excluding hydrogens is 278 g/mol. The summed E-state index contributed by atoms with van der Waals surface area (Å²) in [6.45, 7) is 4.16. The first-order valence-electron chi connectivity index (χ1n) is 6.52. The molecule has 114 valence electrons. The van der Waals surface area contributed by atoms with Crippen molar-refractivity contribution in [3.63, 3.8) is 0 Å². The van der Waals surface area contributed by atoms with Crippen LogP contribution in [0.4, 0.5) is 0 Å². The summed E-state index contributed by atoms with van der Waals surface area (Å²) in [6.07, 6.45) is 1.23. The third kappa shape index (κ3) is 4.28. The number of methoxy groups -OCH3 is 1. The van der Waals surface area contributed by atoms with Crippen LogP contribution in [0.25, 0.3) is 0 Å². The van der Waals surface area contributed by atoms with E-state index < -0.39 is 11.8 Å². The molecule has 0 aliphatic heterocycles. The van der Waals surface area contributed by atoms with Gasteiger partial charge in [0.15, 0.2) is 5.72 Å². The molecular formula is C15H24ClNO3. The average molecular weight is 302 g/mol. The van der Waals surface area contributed by atoms with E-state index in [9.17, 15) is 9.90 Å². The summed E-state index contributed by atoms with van der Waals surface area (Å²) in [6, 6.07) is 6.91. The van der Waals surface area contributed by atoms with Crippen LogP contribution >= 0.6 is 12.4 Å². The molecule has 2 atom stereocenters. The molecule has 0 aromatic heterocycles. The lowest BCUT2D eigenvalue weighted by Crippen LogP contribution is -2.50. The number of aliphatic hydroxyl groups is 1. The van der Waals surface area contributed by atoms with E-state index >= 15 is 0 Å². The number of aliphatic hydroxyl groups excluding tert-OH is 1. The molecule has 4 nitrogen and oxygen atoms in total. The molecule has 20 heavy (non-hydrogen) atoms. The Morgan fingerprint density at radius 3 is 2.45 bits per heavy atom. The summed E-state index contributed by atoms with van der Waals surface area (Å²) in [4.78, 5) is 11.1. The SMILES string of the molecule is CO[C@](N)(c1ccccc1C=O)[C@H](O)CCC(C)C.Cl. The van der Waals surface area contributed by atoms with Crippen molar-refractivity contribution in [3.05, 3.63) is 35.4 Å². The monoisotopic (exact) mass is 301 g/mol. The maximum absolute atomic E-state index is 11.1. The van der Waals surface area contributed by atoms with Gasteiger partial charge < -0.3 is 9.84 Å². The zero-order chi connectivity index (χ0) is 14.5. The molecule has 1 aromatic carbocycles. The van der Waals surface area contributed by atoms with Crippen LogP contribution in [0.5, 0.6) is 0 Å². The summed E-state index contributed by atoms with van der Waals surface area (Å²) >= 11 is 0.